The number of fused-ring (bicyclic) bond motifs is 1. The summed E-state index contributed by atoms with van der Waals surface area (Å²) in [4.78, 5) is 2.27. The average Bonchev–Trinajstić information content (AvgIpc) is 2.91. The lowest BCUT2D eigenvalue weighted by atomic mass is 10.0. The zero-order valence-electron chi connectivity index (χ0n) is 12.5. The second-order valence-electron chi connectivity index (χ2n) is 5.52. The molecule has 21 heavy (non-hydrogen) atoms. The van der Waals surface area contributed by atoms with Crippen LogP contribution in [0.3, 0.4) is 0 Å². The highest BCUT2D eigenvalue weighted by atomic mass is 16.5. The molecule has 0 saturated heterocycles. The predicted molar refractivity (Wildman–Crippen MR) is 81.3 cm³/mol. The van der Waals surface area contributed by atoms with Gasteiger partial charge in [-0.3, -0.25) is 4.68 Å². The van der Waals surface area contributed by atoms with Crippen molar-refractivity contribution in [2.75, 3.05) is 18.1 Å². The first-order chi connectivity index (χ1) is 10.1. The molecule has 1 aliphatic heterocycles. The molecule has 0 spiro atoms. The molecule has 108 valence electrons. The molecule has 5 nitrogen and oxygen atoms in total. The van der Waals surface area contributed by atoms with Crippen LogP contribution >= 0.6 is 0 Å². The molecule has 0 fully saturated rings. The van der Waals surface area contributed by atoms with Gasteiger partial charge in [0.05, 0.1) is 30.1 Å². The lowest BCUT2D eigenvalue weighted by Gasteiger charge is -2.34. The Morgan fingerprint density at radius 3 is 2.81 bits per heavy atom. The first kappa shape index (κ1) is 13.5. The molecular formula is C16H18N4O. The average molecular weight is 282 g/mol. The highest BCUT2D eigenvalue weighted by molar-refractivity contribution is 5.77. The SMILES string of the molecule is CC(C)N1CCOc2cc(-c3cnn(C)c3)c(C#N)cc21. The van der Waals surface area contributed by atoms with Crippen molar-refractivity contribution in [1.29, 1.82) is 5.26 Å². The summed E-state index contributed by atoms with van der Waals surface area (Å²) in [6.45, 7) is 5.82. The lowest BCUT2D eigenvalue weighted by molar-refractivity contribution is 0.303. The normalized spacial score (nSPS) is 13.8. The number of anilines is 1. The molecule has 0 N–H and O–H groups in total. The van der Waals surface area contributed by atoms with E-state index in [-0.39, 0.29) is 0 Å². The Kier molecular flexibility index (Phi) is 3.30. The lowest BCUT2D eigenvalue weighted by Crippen LogP contribution is -2.38. The second-order valence-corrected chi connectivity index (χ2v) is 5.52. The van der Waals surface area contributed by atoms with E-state index in [1.807, 2.05) is 25.4 Å². The molecule has 0 aliphatic carbocycles. The molecule has 1 aromatic heterocycles. The van der Waals surface area contributed by atoms with E-state index < -0.39 is 0 Å². The quantitative estimate of drug-likeness (QED) is 0.849. The van der Waals surface area contributed by atoms with Crippen molar-refractivity contribution in [2.45, 2.75) is 19.9 Å². The van der Waals surface area contributed by atoms with Gasteiger partial charge in [0.15, 0.2) is 0 Å². The zero-order valence-corrected chi connectivity index (χ0v) is 12.5. The van der Waals surface area contributed by atoms with Crippen LogP contribution in [0.25, 0.3) is 11.1 Å². The van der Waals surface area contributed by atoms with Gasteiger partial charge in [0.1, 0.15) is 12.4 Å². The van der Waals surface area contributed by atoms with E-state index in [1.54, 1.807) is 10.9 Å². The molecule has 2 heterocycles. The summed E-state index contributed by atoms with van der Waals surface area (Å²) >= 11 is 0. The Morgan fingerprint density at radius 2 is 2.19 bits per heavy atom. The van der Waals surface area contributed by atoms with Crippen molar-refractivity contribution in [2.24, 2.45) is 7.05 Å². The summed E-state index contributed by atoms with van der Waals surface area (Å²) in [6, 6.07) is 6.56. The summed E-state index contributed by atoms with van der Waals surface area (Å²) in [6.07, 6.45) is 3.68. The topological polar surface area (TPSA) is 54.1 Å². The van der Waals surface area contributed by atoms with Crippen LogP contribution in [0.2, 0.25) is 0 Å². The van der Waals surface area contributed by atoms with Crippen molar-refractivity contribution < 1.29 is 4.74 Å². The van der Waals surface area contributed by atoms with Crippen molar-refractivity contribution in [3.05, 3.63) is 30.1 Å². The summed E-state index contributed by atoms with van der Waals surface area (Å²) in [7, 11) is 1.87. The van der Waals surface area contributed by atoms with Gasteiger partial charge >= 0.3 is 0 Å². The number of nitriles is 1. The van der Waals surface area contributed by atoms with Crippen molar-refractivity contribution in [1.82, 2.24) is 9.78 Å². The fourth-order valence-corrected chi connectivity index (χ4v) is 2.71. The Bertz CT molecular complexity index is 712. The number of hydrogen-bond donors (Lipinski definition) is 0. The minimum Gasteiger partial charge on any atom is -0.490 e. The summed E-state index contributed by atoms with van der Waals surface area (Å²) in [5.74, 6) is 0.841. The van der Waals surface area contributed by atoms with Crippen LogP contribution in [0.1, 0.15) is 19.4 Å². The molecule has 3 rings (SSSR count). The fourth-order valence-electron chi connectivity index (χ4n) is 2.71. The predicted octanol–water partition coefficient (Wildman–Crippen LogP) is 2.57. The standard InChI is InChI=1S/C16H18N4O/c1-11(2)20-4-5-21-16-7-14(12(8-17)6-15(16)20)13-9-18-19(3)10-13/h6-7,9-11H,4-5H2,1-3H3. The van der Waals surface area contributed by atoms with E-state index in [0.717, 1.165) is 29.1 Å². The van der Waals surface area contributed by atoms with Crippen LogP contribution < -0.4 is 9.64 Å². The molecule has 0 unspecified atom stereocenters. The van der Waals surface area contributed by atoms with Crippen molar-refractivity contribution >= 4 is 5.69 Å². The minimum atomic E-state index is 0.378. The van der Waals surface area contributed by atoms with Gasteiger partial charge in [-0.25, -0.2) is 0 Å². The number of rotatable bonds is 2. The first-order valence-electron chi connectivity index (χ1n) is 7.06. The molecule has 2 aromatic rings. The molecule has 0 amide bonds. The van der Waals surface area contributed by atoms with Crippen molar-refractivity contribution in [3.63, 3.8) is 0 Å². The molecule has 1 aromatic carbocycles. The molecular weight excluding hydrogens is 264 g/mol. The van der Waals surface area contributed by atoms with Crippen LogP contribution in [0.15, 0.2) is 24.5 Å². The van der Waals surface area contributed by atoms with Gasteiger partial charge in [-0.1, -0.05) is 0 Å². The number of hydrogen-bond acceptors (Lipinski definition) is 4. The maximum absolute atomic E-state index is 9.48. The number of ether oxygens (including phenoxy) is 1. The number of aryl methyl sites for hydroxylation is 1. The third kappa shape index (κ3) is 2.33. The monoisotopic (exact) mass is 282 g/mol. The Labute approximate surface area is 124 Å². The highest BCUT2D eigenvalue weighted by Crippen LogP contribution is 2.38. The van der Waals surface area contributed by atoms with Gasteiger partial charge < -0.3 is 9.64 Å². The summed E-state index contributed by atoms with van der Waals surface area (Å²) in [5, 5.41) is 13.7. The largest absolute Gasteiger partial charge is 0.490 e. The van der Waals surface area contributed by atoms with Gasteiger partial charge in [-0.15, -0.1) is 0 Å². The maximum atomic E-state index is 9.48. The fraction of sp³-hybridized carbons (Fsp3) is 0.375. The van der Waals surface area contributed by atoms with Crippen LogP contribution in [0.5, 0.6) is 5.75 Å². The first-order valence-corrected chi connectivity index (χ1v) is 7.06. The molecule has 0 atom stereocenters. The number of aromatic nitrogens is 2. The molecule has 1 aliphatic rings. The summed E-state index contributed by atoms with van der Waals surface area (Å²) < 4.78 is 7.53. The molecule has 0 radical (unpaired) electrons. The van der Waals surface area contributed by atoms with E-state index in [0.29, 0.717) is 18.2 Å². The maximum Gasteiger partial charge on any atom is 0.143 e. The second kappa shape index (κ2) is 5.13. The summed E-state index contributed by atoms with van der Waals surface area (Å²) in [5.41, 5.74) is 3.45. The van der Waals surface area contributed by atoms with Gasteiger partial charge in [0.25, 0.3) is 0 Å². The van der Waals surface area contributed by atoms with Crippen LogP contribution in [0.4, 0.5) is 5.69 Å². The number of benzene rings is 1. The Balaban J connectivity index is 2.14. The van der Waals surface area contributed by atoms with E-state index in [2.05, 4.69) is 29.9 Å². The van der Waals surface area contributed by atoms with Gasteiger partial charge in [0, 0.05) is 30.4 Å². The Hall–Kier alpha value is -2.48. The van der Waals surface area contributed by atoms with Gasteiger partial charge in [-0.2, -0.15) is 10.4 Å². The smallest absolute Gasteiger partial charge is 0.143 e. The highest BCUT2D eigenvalue weighted by Gasteiger charge is 2.23. The van der Waals surface area contributed by atoms with E-state index >= 15 is 0 Å². The van der Waals surface area contributed by atoms with E-state index in [4.69, 9.17) is 4.74 Å². The Morgan fingerprint density at radius 1 is 1.38 bits per heavy atom. The van der Waals surface area contributed by atoms with Gasteiger partial charge in [-0.05, 0) is 26.0 Å². The van der Waals surface area contributed by atoms with Gasteiger partial charge in [0.2, 0.25) is 0 Å². The molecule has 0 saturated carbocycles. The number of nitrogens with zero attached hydrogens (tertiary/aromatic N) is 4. The minimum absolute atomic E-state index is 0.378. The third-order valence-electron chi connectivity index (χ3n) is 3.76. The zero-order chi connectivity index (χ0) is 15.0. The third-order valence-corrected chi connectivity index (χ3v) is 3.76. The molecule has 5 heteroatoms. The van der Waals surface area contributed by atoms with E-state index in [9.17, 15) is 5.26 Å². The molecule has 0 bridgehead atoms. The van der Waals surface area contributed by atoms with Crippen LogP contribution in [-0.2, 0) is 7.05 Å². The van der Waals surface area contributed by atoms with E-state index in [1.165, 1.54) is 0 Å². The van der Waals surface area contributed by atoms with Crippen LogP contribution in [-0.4, -0.2) is 29.0 Å². The van der Waals surface area contributed by atoms with Crippen LogP contribution in [0, 0.1) is 11.3 Å². The van der Waals surface area contributed by atoms with Crippen molar-refractivity contribution in [3.8, 4) is 22.9 Å².